The standard InChI is InChI=1S/C19H24F2N2O5/c1-26-18(24)14-8-17(16(21)9-15(14)20)22-19(25)23(10-12-4-2-6-27-12)11-13-5-3-7-28-13/h8-9,12-13H,2-7,10-11H2,1H3,(H,22,25)/t12-,13-/m1/s1. The first-order valence-electron chi connectivity index (χ1n) is 9.34. The molecule has 0 radical (unpaired) electrons. The SMILES string of the molecule is COC(=O)c1cc(NC(=O)N(C[C@H]2CCCO2)C[C@H]2CCCO2)c(F)cc1F. The molecular formula is C19H24F2N2O5. The van der Waals surface area contributed by atoms with Crippen molar-refractivity contribution in [2.75, 3.05) is 38.7 Å². The molecule has 9 heteroatoms. The summed E-state index contributed by atoms with van der Waals surface area (Å²) in [5.74, 6) is -2.99. The Kier molecular flexibility index (Phi) is 6.79. The van der Waals surface area contributed by atoms with Gasteiger partial charge >= 0.3 is 12.0 Å². The average molecular weight is 398 g/mol. The Morgan fingerprint density at radius 2 is 1.71 bits per heavy atom. The van der Waals surface area contributed by atoms with Crippen LogP contribution in [0.15, 0.2) is 12.1 Å². The second-order valence-electron chi connectivity index (χ2n) is 6.91. The Balaban J connectivity index is 1.75. The zero-order chi connectivity index (χ0) is 20.1. The summed E-state index contributed by atoms with van der Waals surface area (Å²) in [7, 11) is 1.09. The third-order valence-electron chi connectivity index (χ3n) is 4.89. The van der Waals surface area contributed by atoms with Gasteiger partial charge in [-0.25, -0.2) is 18.4 Å². The van der Waals surface area contributed by atoms with Gasteiger partial charge in [-0.1, -0.05) is 0 Å². The Bertz CT molecular complexity index is 701. The minimum absolute atomic E-state index is 0.0872. The third-order valence-corrected chi connectivity index (χ3v) is 4.89. The molecule has 1 N–H and O–H groups in total. The third kappa shape index (κ3) is 4.96. The van der Waals surface area contributed by atoms with Crippen molar-refractivity contribution in [1.82, 2.24) is 4.90 Å². The van der Waals surface area contributed by atoms with E-state index in [1.165, 1.54) is 4.90 Å². The summed E-state index contributed by atoms with van der Waals surface area (Å²) < 4.78 is 43.7. The van der Waals surface area contributed by atoms with E-state index in [1.54, 1.807) is 0 Å². The minimum atomic E-state index is -1.06. The van der Waals surface area contributed by atoms with Gasteiger partial charge in [0.15, 0.2) is 0 Å². The molecule has 0 aromatic heterocycles. The number of hydrogen-bond donors (Lipinski definition) is 1. The molecule has 0 spiro atoms. The second-order valence-corrected chi connectivity index (χ2v) is 6.91. The predicted molar refractivity (Wildman–Crippen MR) is 96.2 cm³/mol. The number of methoxy groups -OCH3 is 1. The number of amides is 2. The number of nitrogens with zero attached hydrogens (tertiary/aromatic N) is 1. The normalized spacial score (nSPS) is 21.5. The number of halogens is 2. The monoisotopic (exact) mass is 398 g/mol. The number of urea groups is 1. The van der Waals surface area contributed by atoms with Gasteiger partial charge in [0.1, 0.15) is 11.6 Å². The van der Waals surface area contributed by atoms with Gasteiger partial charge in [0.05, 0.1) is 30.6 Å². The summed E-state index contributed by atoms with van der Waals surface area (Å²) in [5.41, 5.74) is -0.750. The average Bonchev–Trinajstić information content (AvgIpc) is 3.36. The molecule has 0 bridgehead atoms. The van der Waals surface area contributed by atoms with Crippen LogP contribution in [0, 0.1) is 11.6 Å². The predicted octanol–water partition coefficient (Wildman–Crippen LogP) is 2.94. The largest absolute Gasteiger partial charge is 0.465 e. The Morgan fingerprint density at radius 1 is 1.11 bits per heavy atom. The molecule has 2 fully saturated rings. The van der Waals surface area contributed by atoms with Gasteiger partial charge in [-0.05, 0) is 31.7 Å². The van der Waals surface area contributed by atoms with Crippen LogP contribution in [0.25, 0.3) is 0 Å². The molecule has 2 aliphatic heterocycles. The fourth-order valence-electron chi connectivity index (χ4n) is 3.41. The molecule has 3 rings (SSSR count). The molecule has 1 aromatic rings. The van der Waals surface area contributed by atoms with E-state index in [-0.39, 0.29) is 17.9 Å². The van der Waals surface area contributed by atoms with E-state index in [2.05, 4.69) is 10.1 Å². The quantitative estimate of drug-likeness (QED) is 0.746. The van der Waals surface area contributed by atoms with Crippen molar-refractivity contribution >= 4 is 17.7 Å². The fourth-order valence-corrected chi connectivity index (χ4v) is 3.41. The van der Waals surface area contributed by atoms with Crippen LogP contribution in [0.3, 0.4) is 0 Å². The number of carbonyl (C=O) groups excluding carboxylic acids is 2. The number of benzene rings is 1. The van der Waals surface area contributed by atoms with Crippen molar-refractivity contribution < 1.29 is 32.6 Å². The minimum Gasteiger partial charge on any atom is -0.465 e. The number of hydrogen-bond acceptors (Lipinski definition) is 5. The van der Waals surface area contributed by atoms with Crippen molar-refractivity contribution in [2.24, 2.45) is 0 Å². The molecule has 2 saturated heterocycles. The molecule has 0 aliphatic carbocycles. The zero-order valence-electron chi connectivity index (χ0n) is 15.7. The first-order valence-corrected chi connectivity index (χ1v) is 9.34. The molecule has 7 nitrogen and oxygen atoms in total. The van der Waals surface area contributed by atoms with Crippen LogP contribution in [-0.2, 0) is 14.2 Å². The summed E-state index contributed by atoms with van der Waals surface area (Å²) in [6, 6.07) is 0.921. The highest BCUT2D eigenvalue weighted by Gasteiger charge is 2.28. The number of nitrogens with one attached hydrogen (secondary N) is 1. The van der Waals surface area contributed by atoms with Crippen molar-refractivity contribution in [3.05, 3.63) is 29.3 Å². The van der Waals surface area contributed by atoms with E-state index in [9.17, 15) is 18.4 Å². The van der Waals surface area contributed by atoms with Crippen molar-refractivity contribution in [2.45, 2.75) is 37.9 Å². The maximum atomic E-state index is 14.2. The topological polar surface area (TPSA) is 77.1 Å². The summed E-state index contributed by atoms with van der Waals surface area (Å²) in [5, 5.41) is 2.43. The molecule has 0 unspecified atom stereocenters. The number of ether oxygens (including phenoxy) is 3. The van der Waals surface area contributed by atoms with Gasteiger partial charge in [-0.3, -0.25) is 0 Å². The molecule has 2 heterocycles. The fraction of sp³-hybridized carbons (Fsp3) is 0.579. The summed E-state index contributed by atoms with van der Waals surface area (Å²) in [6.45, 7) is 1.99. The van der Waals surface area contributed by atoms with Crippen LogP contribution in [0.4, 0.5) is 19.3 Å². The Morgan fingerprint density at radius 3 is 2.21 bits per heavy atom. The smallest absolute Gasteiger partial charge is 0.340 e. The van der Waals surface area contributed by atoms with E-state index in [0.717, 1.165) is 38.9 Å². The highest BCUT2D eigenvalue weighted by Crippen LogP contribution is 2.22. The lowest BCUT2D eigenvalue weighted by atomic mass is 10.1. The van der Waals surface area contributed by atoms with Crippen molar-refractivity contribution in [3.8, 4) is 0 Å². The summed E-state index contributed by atoms with van der Waals surface area (Å²) >= 11 is 0. The van der Waals surface area contributed by atoms with Crippen LogP contribution in [-0.4, -0.2) is 62.5 Å². The van der Waals surface area contributed by atoms with E-state index in [4.69, 9.17) is 9.47 Å². The van der Waals surface area contributed by atoms with Gasteiger partial charge in [0.2, 0.25) is 0 Å². The molecule has 154 valence electrons. The summed E-state index contributed by atoms with van der Waals surface area (Å²) in [4.78, 5) is 26.0. The first-order chi connectivity index (χ1) is 13.5. The zero-order valence-corrected chi connectivity index (χ0v) is 15.7. The number of carbonyl (C=O) groups is 2. The summed E-state index contributed by atoms with van der Waals surface area (Å²) in [6.07, 6.45) is 3.36. The molecule has 1 aromatic carbocycles. The van der Waals surface area contributed by atoms with Gasteiger partial charge in [0, 0.05) is 32.4 Å². The Labute approximate surface area is 161 Å². The lowest BCUT2D eigenvalue weighted by Crippen LogP contribution is -2.44. The van der Waals surface area contributed by atoms with Crippen LogP contribution < -0.4 is 5.32 Å². The highest BCUT2D eigenvalue weighted by molar-refractivity contribution is 5.94. The number of esters is 1. The molecular weight excluding hydrogens is 374 g/mol. The number of rotatable bonds is 6. The lowest BCUT2D eigenvalue weighted by molar-refractivity contribution is 0.0524. The Hall–Kier alpha value is -2.26. The molecule has 2 aliphatic rings. The first kappa shape index (κ1) is 20.5. The van der Waals surface area contributed by atoms with Crippen molar-refractivity contribution in [1.29, 1.82) is 0 Å². The van der Waals surface area contributed by atoms with Crippen LogP contribution in [0.1, 0.15) is 36.0 Å². The maximum Gasteiger partial charge on any atom is 0.340 e. The van der Waals surface area contributed by atoms with Gasteiger partial charge in [0.25, 0.3) is 0 Å². The second kappa shape index (κ2) is 9.29. The van der Waals surface area contributed by atoms with Crippen molar-refractivity contribution in [3.63, 3.8) is 0 Å². The van der Waals surface area contributed by atoms with E-state index in [1.807, 2.05) is 0 Å². The van der Waals surface area contributed by atoms with Gasteiger partial charge < -0.3 is 24.4 Å². The molecule has 2 atom stereocenters. The lowest BCUT2D eigenvalue weighted by Gasteiger charge is -2.28. The van der Waals surface area contributed by atoms with E-state index in [0.29, 0.717) is 32.4 Å². The van der Waals surface area contributed by atoms with E-state index < -0.39 is 29.2 Å². The van der Waals surface area contributed by atoms with Gasteiger partial charge in [-0.15, -0.1) is 0 Å². The van der Waals surface area contributed by atoms with E-state index >= 15 is 0 Å². The van der Waals surface area contributed by atoms with Crippen LogP contribution in [0.2, 0.25) is 0 Å². The van der Waals surface area contributed by atoms with Gasteiger partial charge in [-0.2, -0.15) is 0 Å². The molecule has 0 saturated carbocycles. The number of anilines is 1. The van der Waals surface area contributed by atoms with Crippen LogP contribution >= 0.6 is 0 Å². The highest BCUT2D eigenvalue weighted by atomic mass is 19.1. The molecule has 28 heavy (non-hydrogen) atoms. The maximum absolute atomic E-state index is 14.2. The molecule has 2 amide bonds. The van der Waals surface area contributed by atoms with Crippen LogP contribution in [0.5, 0.6) is 0 Å².